The van der Waals surface area contributed by atoms with Crippen LogP contribution in [-0.2, 0) is 14.3 Å². The number of carbonyl (C=O) groups is 2. The first kappa shape index (κ1) is 22.3. The second-order valence-electron chi connectivity index (χ2n) is 11.7. The van der Waals surface area contributed by atoms with Crippen LogP contribution in [0.1, 0.15) is 85.5 Å². The molecule has 0 radical (unpaired) electrons. The predicted molar refractivity (Wildman–Crippen MR) is 117 cm³/mol. The van der Waals surface area contributed by atoms with Crippen LogP contribution in [-0.4, -0.2) is 30.1 Å². The van der Waals surface area contributed by atoms with Crippen LogP contribution < -0.4 is 0 Å². The Morgan fingerprint density at radius 1 is 1.10 bits per heavy atom. The van der Waals surface area contributed by atoms with E-state index in [0.29, 0.717) is 41.8 Å². The number of hydrogen-bond acceptors (Lipinski definition) is 4. The highest BCUT2D eigenvalue weighted by molar-refractivity contribution is 5.86. The van der Waals surface area contributed by atoms with Crippen molar-refractivity contribution in [3.05, 3.63) is 0 Å². The number of carbonyl (C=O) groups excluding carboxylic acids is 2. The van der Waals surface area contributed by atoms with Crippen LogP contribution >= 0.6 is 0 Å². The van der Waals surface area contributed by atoms with Crippen LogP contribution in [0.5, 0.6) is 0 Å². The summed E-state index contributed by atoms with van der Waals surface area (Å²) in [5, 5.41) is 10.4. The Labute approximate surface area is 182 Å². The van der Waals surface area contributed by atoms with Gasteiger partial charge in [-0.25, -0.2) is 0 Å². The summed E-state index contributed by atoms with van der Waals surface area (Å²) >= 11 is 0. The van der Waals surface area contributed by atoms with E-state index in [2.05, 4.69) is 27.7 Å². The molecule has 0 aromatic heterocycles. The van der Waals surface area contributed by atoms with Gasteiger partial charge in [0, 0.05) is 18.3 Å². The molecule has 10 atom stereocenters. The van der Waals surface area contributed by atoms with Crippen molar-refractivity contribution in [1.82, 2.24) is 0 Å². The first-order valence-corrected chi connectivity index (χ1v) is 12.5. The summed E-state index contributed by atoms with van der Waals surface area (Å²) in [5.41, 5.74) is 0.343. The molecule has 0 aromatic rings. The zero-order chi connectivity index (χ0) is 21.8. The van der Waals surface area contributed by atoms with Gasteiger partial charge in [0.2, 0.25) is 0 Å². The average molecular weight is 419 g/mol. The maximum Gasteiger partial charge on any atom is 0.305 e. The van der Waals surface area contributed by atoms with E-state index in [4.69, 9.17) is 4.74 Å². The number of hydrogen-bond donors (Lipinski definition) is 1. The molecule has 0 aromatic carbocycles. The van der Waals surface area contributed by atoms with Crippen LogP contribution in [0.25, 0.3) is 0 Å². The molecule has 0 amide bonds. The third-order valence-electron chi connectivity index (χ3n) is 10.6. The van der Waals surface area contributed by atoms with Gasteiger partial charge in [-0.3, -0.25) is 9.59 Å². The lowest BCUT2D eigenvalue weighted by molar-refractivity contribution is -0.173. The fourth-order valence-electron chi connectivity index (χ4n) is 9.10. The minimum Gasteiger partial charge on any atom is -0.469 e. The fourth-order valence-corrected chi connectivity index (χ4v) is 9.10. The molecule has 4 rings (SSSR count). The van der Waals surface area contributed by atoms with Gasteiger partial charge in [0.05, 0.1) is 13.2 Å². The Hall–Kier alpha value is -0.900. The fraction of sp³-hybridized carbons (Fsp3) is 0.923. The lowest BCUT2D eigenvalue weighted by atomic mass is 9.42. The van der Waals surface area contributed by atoms with E-state index in [9.17, 15) is 14.7 Å². The third-order valence-corrected chi connectivity index (χ3v) is 10.6. The number of aliphatic hydroxyl groups excluding tert-OH is 1. The van der Waals surface area contributed by atoms with Crippen molar-refractivity contribution in [2.45, 2.75) is 91.6 Å². The topological polar surface area (TPSA) is 63.6 Å². The van der Waals surface area contributed by atoms with Crippen molar-refractivity contribution in [2.24, 2.45) is 52.3 Å². The number of methoxy groups -OCH3 is 1. The standard InChI is InChI=1S/C26H42O4/c1-6-17-21-14-16(27)9-11-26(21,4)20-10-12-25(3)18(15(2)13-22(28)30-5)7-8-19(25)23(20)24(17)29/h15-21,23,27H,6-14H2,1-5H3/t15-,16+,17-,18-,19?,20?,21+,23?,25-,26-/m1/s1. The molecule has 4 heteroatoms. The molecule has 170 valence electrons. The Morgan fingerprint density at radius 2 is 1.77 bits per heavy atom. The highest BCUT2D eigenvalue weighted by Crippen LogP contribution is 2.68. The predicted octanol–water partition coefficient (Wildman–Crippen LogP) is 5.02. The summed E-state index contributed by atoms with van der Waals surface area (Å²) in [7, 11) is 1.48. The highest BCUT2D eigenvalue weighted by Gasteiger charge is 2.65. The van der Waals surface area contributed by atoms with Crippen molar-refractivity contribution in [3.8, 4) is 0 Å². The van der Waals surface area contributed by atoms with E-state index in [-0.39, 0.29) is 34.7 Å². The van der Waals surface area contributed by atoms with E-state index < -0.39 is 0 Å². The number of ether oxygens (including phenoxy) is 1. The van der Waals surface area contributed by atoms with E-state index in [1.807, 2.05) is 0 Å². The molecular weight excluding hydrogens is 376 g/mol. The van der Waals surface area contributed by atoms with Gasteiger partial charge in [0.15, 0.2) is 0 Å². The van der Waals surface area contributed by atoms with Crippen LogP contribution in [0, 0.1) is 52.3 Å². The molecule has 4 saturated carbocycles. The average Bonchev–Trinajstić information content (AvgIpc) is 3.06. The smallest absolute Gasteiger partial charge is 0.305 e. The van der Waals surface area contributed by atoms with E-state index in [0.717, 1.165) is 44.9 Å². The van der Waals surface area contributed by atoms with Crippen molar-refractivity contribution >= 4 is 11.8 Å². The van der Waals surface area contributed by atoms with Crippen LogP contribution in [0.2, 0.25) is 0 Å². The summed E-state index contributed by atoms with van der Waals surface area (Å²) < 4.78 is 4.95. The molecule has 30 heavy (non-hydrogen) atoms. The Balaban J connectivity index is 1.64. The van der Waals surface area contributed by atoms with Gasteiger partial charge in [0.25, 0.3) is 0 Å². The summed E-state index contributed by atoms with van der Waals surface area (Å²) in [6.07, 6.45) is 8.48. The quantitative estimate of drug-likeness (QED) is 0.651. The number of esters is 1. The number of fused-ring (bicyclic) bond motifs is 5. The SMILES string of the molecule is CC[C@H]1C(=O)C2C3CC[C@H]([C@H](C)CC(=O)OC)[C@@]3(C)CCC2[C@@]2(C)CC[C@H](O)C[C@@H]12. The molecule has 0 bridgehead atoms. The molecule has 4 aliphatic rings. The first-order valence-electron chi connectivity index (χ1n) is 12.5. The van der Waals surface area contributed by atoms with Gasteiger partial charge in [-0.1, -0.05) is 27.7 Å². The largest absolute Gasteiger partial charge is 0.469 e. The van der Waals surface area contributed by atoms with Crippen molar-refractivity contribution in [1.29, 1.82) is 0 Å². The normalized spacial score (nSPS) is 49.0. The monoisotopic (exact) mass is 418 g/mol. The van der Waals surface area contributed by atoms with Crippen LogP contribution in [0.3, 0.4) is 0 Å². The summed E-state index contributed by atoms with van der Waals surface area (Å²) in [6.45, 7) is 9.25. The Morgan fingerprint density at radius 3 is 2.43 bits per heavy atom. The van der Waals surface area contributed by atoms with E-state index in [1.165, 1.54) is 13.5 Å². The summed E-state index contributed by atoms with van der Waals surface area (Å²) in [5.74, 6) is 2.76. The lowest BCUT2D eigenvalue weighted by Crippen LogP contribution is -2.60. The molecule has 0 saturated heterocycles. The highest BCUT2D eigenvalue weighted by atomic mass is 16.5. The molecule has 0 spiro atoms. The van der Waals surface area contributed by atoms with Gasteiger partial charge in [-0.15, -0.1) is 0 Å². The molecule has 4 aliphatic carbocycles. The maximum atomic E-state index is 13.9. The van der Waals surface area contributed by atoms with Gasteiger partial charge in [0.1, 0.15) is 5.78 Å². The number of Topliss-reactive ketones (excluding diaryl/α,β-unsaturated/α-hetero) is 1. The second-order valence-corrected chi connectivity index (χ2v) is 11.7. The molecule has 0 heterocycles. The second kappa shape index (κ2) is 7.90. The minimum atomic E-state index is -0.231. The maximum absolute atomic E-state index is 13.9. The van der Waals surface area contributed by atoms with Crippen LogP contribution in [0.15, 0.2) is 0 Å². The molecular formula is C26H42O4. The minimum absolute atomic E-state index is 0.111. The van der Waals surface area contributed by atoms with Crippen molar-refractivity contribution in [3.63, 3.8) is 0 Å². The first-order chi connectivity index (χ1) is 14.2. The lowest BCUT2D eigenvalue weighted by Gasteiger charge is -2.62. The summed E-state index contributed by atoms with van der Waals surface area (Å²) in [6, 6.07) is 0. The molecule has 0 aliphatic heterocycles. The summed E-state index contributed by atoms with van der Waals surface area (Å²) in [4.78, 5) is 25.9. The van der Waals surface area contributed by atoms with Crippen molar-refractivity contribution in [2.75, 3.05) is 7.11 Å². The van der Waals surface area contributed by atoms with E-state index >= 15 is 0 Å². The Bertz CT molecular complexity index is 689. The molecule has 3 unspecified atom stereocenters. The number of rotatable bonds is 4. The van der Waals surface area contributed by atoms with Crippen LogP contribution in [0.4, 0.5) is 0 Å². The zero-order valence-electron chi connectivity index (χ0n) is 19.7. The van der Waals surface area contributed by atoms with Crippen molar-refractivity contribution < 1.29 is 19.4 Å². The number of ketones is 1. The molecule has 1 N–H and O–H groups in total. The zero-order valence-corrected chi connectivity index (χ0v) is 19.7. The van der Waals surface area contributed by atoms with Gasteiger partial charge in [-0.05, 0) is 91.8 Å². The van der Waals surface area contributed by atoms with Gasteiger partial charge < -0.3 is 9.84 Å². The van der Waals surface area contributed by atoms with Gasteiger partial charge in [-0.2, -0.15) is 0 Å². The van der Waals surface area contributed by atoms with Gasteiger partial charge >= 0.3 is 5.97 Å². The third kappa shape index (κ3) is 3.19. The number of aliphatic hydroxyl groups is 1. The molecule has 4 fully saturated rings. The molecule has 4 nitrogen and oxygen atoms in total. The Kier molecular flexibility index (Phi) is 5.87. The van der Waals surface area contributed by atoms with E-state index in [1.54, 1.807) is 0 Å².